The van der Waals surface area contributed by atoms with Crippen molar-refractivity contribution in [1.82, 2.24) is 30.3 Å². The van der Waals surface area contributed by atoms with Gasteiger partial charge in [-0.25, -0.2) is 19.4 Å². The smallest absolute Gasteiger partial charge is 0.320 e. The Hall–Kier alpha value is -3.29. The monoisotopic (exact) mass is 351 g/mol. The SMILES string of the molecule is CCc1ncc(NC(=O)NC(C)(C)c2cn(-c3ccccc3)nn2)cn1. The Balaban J connectivity index is 1.68. The number of carbonyl (C=O) groups is 1. The number of rotatable bonds is 5. The fraction of sp³-hybridized carbons (Fsp3) is 0.278. The van der Waals surface area contributed by atoms with E-state index >= 15 is 0 Å². The number of anilines is 1. The molecule has 0 aliphatic carbocycles. The fourth-order valence-electron chi connectivity index (χ4n) is 2.37. The molecule has 0 bridgehead atoms. The molecule has 2 amide bonds. The molecule has 0 fully saturated rings. The van der Waals surface area contributed by atoms with Crippen molar-refractivity contribution in [3.63, 3.8) is 0 Å². The highest BCUT2D eigenvalue weighted by atomic mass is 16.2. The third kappa shape index (κ3) is 4.02. The number of hydrogen-bond acceptors (Lipinski definition) is 5. The molecule has 2 N–H and O–H groups in total. The Bertz CT molecular complexity index is 872. The average Bonchev–Trinajstić information content (AvgIpc) is 3.14. The van der Waals surface area contributed by atoms with Crippen molar-refractivity contribution in [2.24, 2.45) is 0 Å². The topological polar surface area (TPSA) is 97.6 Å². The maximum absolute atomic E-state index is 12.3. The van der Waals surface area contributed by atoms with Crippen molar-refractivity contribution in [1.29, 1.82) is 0 Å². The van der Waals surface area contributed by atoms with Crippen LogP contribution >= 0.6 is 0 Å². The van der Waals surface area contributed by atoms with Gasteiger partial charge in [0.1, 0.15) is 11.5 Å². The third-order valence-corrected chi connectivity index (χ3v) is 3.86. The van der Waals surface area contributed by atoms with Crippen LogP contribution in [0.25, 0.3) is 5.69 Å². The van der Waals surface area contributed by atoms with E-state index in [4.69, 9.17) is 0 Å². The minimum Gasteiger partial charge on any atom is -0.327 e. The molecule has 2 heterocycles. The molecular formula is C18H21N7O. The molecule has 0 atom stereocenters. The van der Waals surface area contributed by atoms with Gasteiger partial charge in [-0.3, -0.25) is 0 Å². The molecule has 0 spiro atoms. The number of urea groups is 1. The second-order valence-electron chi connectivity index (χ2n) is 6.33. The second kappa shape index (κ2) is 7.30. The minimum atomic E-state index is -0.707. The molecule has 0 aliphatic heterocycles. The van der Waals surface area contributed by atoms with Crippen molar-refractivity contribution in [2.45, 2.75) is 32.7 Å². The summed E-state index contributed by atoms with van der Waals surface area (Å²) in [5.74, 6) is 0.730. The van der Waals surface area contributed by atoms with E-state index in [0.717, 1.165) is 17.9 Å². The number of aromatic nitrogens is 5. The van der Waals surface area contributed by atoms with Gasteiger partial charge in [-0.1, -0.05) is 30.3 Å². The van der Waals surface area contributed by atoms with E-state index in [1.807, 2.05) is 51.1 Å². The predicted octanol–water partition coefficient (Wildman–Crippen LogP) is 2.68. The maximum Gasteiger partial charge on any atom is 0.320 e. The summed E-state index contributed by atoms with van der Waals surface area (Å²) in [6.07, 6.45) is 5.72. The Morgan fingerprint density at radius 1 is 1.15 bits per heavy atom. The summed E-state index contributed by atoms with van der Waals surface area (Å²) in [5.41, 5.74) is 1.37. The number of aryl methyl sites for hydroxylation is 1. The predicted molar refractivity (Wildman–Crippen MR) is 97.9 cm³/mol. The Morgan fingerprint density at radius 2 is 1.85 bits per heavy atom. The van der Waals surface area contributed by atoms with Gasteiger partial charge in [-0.05, 0) is 26.0 Å². The lowest BCUT2D eigenvalue weighted by Gasteiger charge is -2.23. The molecule has 3 rings (SSSR count). The van der Waals surface area contributed by atoms with Crippen LogP contribution in [0, 0.1) is 0 Å². The van der Waals surface area contributed by atoms with Crippen LogP contribution in [0.5, 0.6) is 0 Å². The first-order valence-corrected chi connectivity index (χ1v) is 8.36. The molecule has 3 aromatic rings. The average molecular weight is 351 g/mol. The Morgan fingerprint density at radius 3 is 2.50 bits per heavy atom. The van der Waals surface area contributed by atoms with Crippen LogP contribution < -0.4 is 10.6 Å². The maximum atomic E-state index is 12.3. The molecule has 134 valence electrons. The number of nitrogens with zero attached hydrogens (tertiary/aromatic N) is 5. The Labute approximate surface area is 151 Å². The van der Waals surface area contributed by atoms with E-state index < -0.39 is 5.54 Å². The summed E-state index contributed by atoms with van der Waals surface area (Å²) in [5, 5.41) is 14.0. The highest BCUT2D eigenvalue weighted by Crippen LogP contribution is 2.18. The highest BCUT2D eigenvalue weighted by molar-refractivity contribution is 5.89. The van der Waals surface area contributed by atoms with E-state index in [-0.39, 0.29) is 6.03 Å². The van der Waals surface area contributed by atoms with Gasteiger partial charge >= 0.3 is 6.03 Å². The first-order chi connectivity index (χ1) is 12.5. The van der Waals surface area contributed by atoms with E-state index in [0.29, 0.717) is 11.4 Å². The standard InChI is InChI=1S/C18H21N7O/c1-4-16-19-10-13(11-20-16)21-17(26)22-18(2,3)15-12-25(24-23-15)14-8-6-5-7-9-14/h5-12H,4H2,1-3H3,(H2,21,22,26). The zero-order valence-electron chi connectivity index (χ0n) is 15.0. The quantitative estimate of drug-likeness (QED) is 0.736. The molecule has 2 aromatic heterocycles. The molecule has 8 nitrogen and oxygen atoms in total. The highest BCUT2D eigenvalue weighted by Gasteiger charge is 2.26. The summed E-state index contributed by atoms with van der Waals surface area (Å²) in [4.78, 5) is 20.6. The summed E-state index contributed by atoms with van der Waals surface area (Å²) in [6, 6.07) is 9.31. The van der Waals surface area contributed by atoms with Gasteiger partial charge in [-0.15, -0.1) is 5.10 Å². The fourth-order valence-corrected chi connectivity index (χ4v) is 2.37. The van der Waals surface area contributed by atoms with Crippen LogP contribution in [0.3, 0.4) is 0 Å². The third-order valence-electron chi connectivity index (χ3n) is 3.86. The van der Waals surface area contributed by atoms with Gasteiger partial charge in [0.25, 0.3) is 0 Å². The number of hydrogen-bond donors (Lipinski definition) is 2. The van der Waals surface area contributed by atoms with Crippen molar-refractivity contribution in [3.8, 4) is 5.69 Å². The number of amides is 2. The summed E-state index contributed by atoms with van der Waals surface area (Å²) >= 11 is 0. The van der Waals surface area contributed by atoms with Crippen molar-refractivity contribution < 1.29 is 4.79 Å². The van der Waals surface area contributed by atoms with Gasteiger partial charge in [0.15, 0.2) is 0 Å². The van der Waals surface area contributed by atoms with Crippen LogP contribution in [0.15, 0.2) is 48.9 Å². The first-order valence-electron chi connectivity index (χ1n) is 8.36. The molecular weight excluding hydrogens is 330 g/mol. The zero-order chi connectivity index (χ0) is 18.6. The summed E-state index contributed by atoms with van der Waals surface area (Å²) < 4.78 is 1.67. The van der Waals surface area contributed by atoms with E-state index in [9.17, 15) is 4.79 Å². The molecule has 0 saturated carbocycles. The molecule has 26 heavy (non-hydrogen) atoms. The van der Waals surface area contributed by atoms with Crippen LogP contribution in [0.1, 0.15) is 32.3 Å². The molecule has 1 aromatic carbocycles. The van der Waals surface area contributed by atoms with Gasteiger partial charge in [0, 0.05) is 6.42 Å². The summed E-state index contributed by atoms with van der Waals surface area (Å²) in [6.45, 7) is 5.70. The van der Waals surface area contributed by atoms with E-state index in [1.165, 1.54) is 0 Å². The van der Waals surface area contributed by atoms with Gasteiger partial charge < -0.3 is 10.6 Å². The van der Waals surface area contributed by atoms with Crippen LogP contribution in [0.2, 0.25) is 0 Å². The van der Waals surface area contributed by atoms with Crippen LogP contribution in [-0.4, -0.2) is 31.0 Å². The molecule has 0 aliphatic rings. The number of nitrogens with one attached hydrogen (secondary N) is 2. The molecule has 0 radical (unpaired) electrons. The lowest BCUT2D eigenvalue weighted by Crippen LogP contribution is -2.43. The van der Waals surface area contributed by atoms with Crippen molar-refractivity contribution in [2.75, 3.05) is 5.32 Å². The van der Waals surface area contributed by atoms with Crippen LogP contribution in [0.4, 0.5) is 10.5 Å². The first kappa shape index (κ1) is 17.5. The lowest BCUT2D eigenvalue weighted by atomic mass is 10.0. The number of carbonyl (C=O) groups excluding carboxylic acids is 1. The second-order valence-corrected chi connectivity index (χ2v) is 6.33. The van der Waals surface area contributed by atoms with E-state index in [1.54, 1.807) is 23.3 Å². The number of benzene rings is 1. The summed E-state index contributed by atoms with van der Waals surface area (Å²) in [7, 11) is 0. The largest absolute Gasteiger partial charge is 0.327 e. The minimum absolute atomic E-state index is 0.364. The van der Waals surface area contributed by atoms with Gasteiger partial charge in [-0.2, -0.15) is 0 Å². The van der Waals surface area contributed by atoms with Gasteiger partial charge in [0.05, 0.1) is 35.5 Å². The van der Waals surface area contributed by atoms with Crippen molar-refractivity contribution >= 4 is 11.7 Å². The zero-order valence-corrected chi connectivity index (χ0v) is 15.0. The van der Waals surface area contributed by atoms with Crippen molar-refractivity contribution in [3.05, 3.63) is 60.4 Å². The van der Waals surface area contributed by atoms with Gasteiger partial charge in [0.2, 0.25) is 0 Å². The number of para-hydroxylation sites is 1. The lowest BCUT2D eigenvalue weighted by molar-refractivity contribution is 0.241. The van der Waals surface area contributed by atoms with Crippen LogP contribution in [-0.2, 0) is 12.0 Å². The molecule has 0 unspecified atom stereocenters. The Kier molecular flexibility index (Phi) is 4.92. The molecule has 0 saturated heterocycles. The van der Waals surface area contributed by atoms with E-state index in [2.05, 4.69) is 30.9 Å². The molecule has 8 heteroatoms. The normalized spacial score (nSPS) is 11.2.